The summed E-state index contributed by atoms with van der Waals surface area (Å²) in [5, 5.41) is 24.2. The highest BCUT2D eigenvalue weighted by molar-refractivity contribution is 7.98. The number of amides is 1. The van der Waals surface area contributed by atoms with Gasteiger partial charge in [0, 0.05) is 30.0 Å². The van der Waals surface area contributed by atoms with E-state index in [0.717, 1.165) is 36.8 Å². The van der Waals surface area contributed by atoms with Crippen LogP contribution < -0.4 is 5.32 Å². The molecule has 0 fully saturated rings. The number of carbonyl (C=O) groups excluding carboxylic acids is 1. The number of thioether (sulfide) groups is 1. The van der Waals surface area contributed by atoms with Crippen molar-refractivity contribution in [2.75, 3.05) is 0 Å². The second-order valence-electron chi connectivity index (χ2n) is 9.34. The molecule has 0 bridgehead atoms. The van der Waals surface area contributed by atoms with Gasteiger partial charge < -0.3 is 5.32 Å². The Hall–Kier alpha value is -3.98. The van der Waals surface area contributed by atoms with Gasteiger partial charge in [0.2, 0.25) is 5.91 Å². The number of hydrogen-bond acceptors (Lipinski definition) is 6. The van der Waals surface area contributed by atoms with Crippen molar-refractivity contribution in [1.82, 2.24) is 20.1 Å². The van der Waals surface area contributed by atoms with Crippen LogP contribution in [0.5, 0.6) is 0 Å². The topological polar surface area (TPSA) is 103 Å². The van der Waals surface area contributed by atoms with Gasteiger partial charge in [-0.05, 0) is 36.1 Å². The number of nitrogens with one attached hydrogen (secondary N) is 1. The standard InChI is InChI=1S/C30H33N5O3S/c1-2-3-4-11-16-28(36)31-27(21-23-12-7-5-8-13-23)29-32-33-30(39-22-24-14-9-6-10-15-24)34(29)25-17-19-26(20-18-25)35(37)38/h5-10,12-15,17-20,27H,2-4,11,16,21-22H2,1H3,(H,31,36). The summed E-state index contributed by atoms with van der Waals surface area (Å²) in [7, 11) is 0. The molecule has 0 saturated carbocycles. The second kappa shape index (κ2) is 14.2. The molecule has 0 radical (unpaired) electrons. The van der Waals surface area contributed by atoms with E-state index in [0.29, 0.717) is 35.3 Å². The van der Waals surface area contributed by atoms with Crippen LogP contribution in [0.2, 0.25) is 0 Å². The summed E-state index contributed by atoms with van der Waals surface area (Å²) in [4.78, 5) is 23.9. The van der Waals surface area contributed by atoms with Gasteiger partial charge in [0.15, 0.2) is 11.0 Å². The molecule has 4 rings (SSSR count). The fourth-order valence-electron chi connectivity index (χ4n) is 4.32. The molecule has 0 aliphatic carbocycles. The van der Waals surface area contributed by atoms with Crippen molar-refractivity contribution < 1.29 is 9.72 Å². The molecule has 0 saturated heterocycles. The number of hydrogen-bond donors (Lipinski definition) is 1. The van der Waals surface area contributed by atoms with Crippen LogP contribution in [0.25, 0.3) is 5.69 Å². The molecule has 1 atom stereocenters. The summed E-state index contributed by atoms with van der Waals surface area (Å²) in [5.74, 6) is 1.24. The Bertz CT molecular complexity index is 1340. The maximum absolute atomic E-state index is 13.0. The number of non-ortho nitro benzene ring substituents is 1. The van der Waals surface area contributed by atoms with E-state index in [4.69, 9.17) is 0 Å². The van der Waals surface area contributed by atoms with Crippen molar-refractivity contribution in [1.29, 1.82) is 0 Å². The van der Waals surface area contributed by atoms with E-state index in [1.165, 1.54) is 23.9 Å². The SMILES string of the molecule is CCCCCCC(=O)NC(Cc1ccccc1)c1nnc(SCc2ccccc2)n1-c1ccc([N+](=O)[O-])cc1. The van der Waals surface area contributed by atoms with Gasteiger partial charge in [-0.15, -0.1) is 10.2 Å². The molecule has 0 aliphatic rings. The molecular formula is C30H33N5O3S. The first-order valence-corrected chi connectivity index (χ1v) is 14.2. The van der Waals surface area contributed by atoms with E-state index < -0.39 is 11.0 Å². The average molecular weight is 544 g/mol. The van der Waals surface area contributed by atoms with E-state index in [-0.39, 0.29) is 11.6 Å². The molecule has 202 valence electrons. The lowest BCUT2D eigenvalue weighted by molar-refractivity contribution is -0.384. The molecule has 4 aromatic rings. The average Bonchev–Trinajstić information content (AvgIpc) is 3.39. The van der Waals surface area contributed by atoms with Crippen molar-refractivity contribution in [2.24, 2.45) is 0 Å². The molecule has 1 unspecified atom stereocenters. The molecule has 9 heteroatoms. The number of nitro groups is 1. The third kappa shape index (κ3) is 8.00. The summed E-state index contributed by atoms with van der Waals surface area (Å²) in [6, 6.07) is 25.9. The Morgan fingerprint density at radius 3 is 2.23 bits per heavy atom. The van der Waals surface area contributed by atoms with Crippen LogP contribution in [0.3, 0.4) is 0 Å². The van der Waals surface area contributed by atoms with Gasteiger partial charge in [-0.1, -0.05) is 98.6 Å². The van der Waals surface area contributed by atoms with Gasteiger partial charge in [-0.25, -0.2) is 0 Å². The van der Waals surface area contributed by atoms with E-state index in [2.05, 4.69) is 34.6 Å². The Kier molecular flexibility index (Phi) is 10.2. The van der Waals surface area contributed by atoms with E-state index in [1.807, 2.05) is 53.1 Å². The minimum absolute atomic E-state index is 0.00748. The van der Waals surface area contributed by atoms with Gasteiger partial charge in [0.25, 0.3) is 5.69 Å². The molecule has 1 N–H and O–H groups in total. The molecular weight excluding hydrogens is 510 g/mol. The van der Waals surface area contributed by atoms with Gasteiger partial charge in [-0.2, -0.15) is 0 Å². The number of aromatic nitrogens is 3. The number of rotatable bonds is 14. The third-order valence-corrected chi connectivity index (χ3v) is 7.37. The number of unbranched alkanes of at least 4 members (excludes halogenated alkanes) is 3. The highest BCUT2D eigenvalue weighted by Crippen LogP contribution is 2.30. The number of benzene rings is 3. The minimum atomic E-state index is -0.431. The molecule has 8 nitrogen and oxygen atoms in total. The second-order valence-corrected chi connectivity index (χ2v) is 10.3. The lowest BCUT2D eigenvalue weighted by Gasteiger charge is -2.20. The lowest BCUT2D eigenvalue weighted by atomic mass is 10.0. The maximum Gasteiger partial charge on any atom is 0.269 e. The first-order chi connectivity index (χ1) is 19.0. The number of carbonyl (C=O) groups is 1. The fourth-order valence-corrected chi connectivity index (χ4v) is 5.24. The van der Waals surface area contributed by atoms with Crippen molar-refractivity contribution in [3.8, 4) is 5.69 Å². The van der Waals surface area contributed by atoms with Crippen LogP contribution in [-0.2, 0) is 17.0 Å². The van der Waals surface area contributed by atoms with E-state index in [9.17, 15) is 14.9 Å². The molecule has 0 spiro atoms. The van der Waals surface area contributed by atoms with Crippen molar-refractivity contribution in [3.63, 3.8) is 0 Å². The summed E-state index contributed by atoms with van der Waals surface area (Å²) in [5.41, 5.74) is 2.91. The van der Waals surface area contributed by atoms with Crippen LogP contribution in [0.1, 0.15) is 62.0 Å². The van der Waals surface area contributed by atoms with Gasteiger partial charge in [0.05, 0.1) is 11.0 Å². The minimum Gasteiger partial charge on any atom is -0.346 e. The monoisotopic (exact) mass is 543 g/mol. The van der Waals surface area contributed by atoms with Crippen molar-refractivity contribution in [2.45, 2.75) is 62.4 Å². The Morgan fingerprint density at radius 1 is 0.923 bits per heavy atom. The van der Waals surface area contributed by atoms with E-state index in [1.54, 1.807) is 12.1 Å². The quantitative estimate of drug-likeness (QED) is 0.0808. The van der Waals surface area contributed by atoms with Crippen LogP contribution in [-0.4, -0.2) is 25.6 Å². The predicted molar refractivity (Wildman–Crippen MR) is 154 cm³/mol. The molecule has 3 aromatic carbocycles. The van der Waals surface area contributed by atoms with Crippen LogP contribution in [0, 0.1) is 10.1 Å². The van der Waals surface area contributed by atoms with Gasteiger partial charge in [0.1, 0.15) is 0 Å². The number of nitro benzene ring substituents is 1. The highest BCUT2D eigenvalue weighted by Gasteiger charge is 2.25. The first-order valence-electron chi connectivity index (χ1n) is 13.2. The molecule has 1 aromatic heterocycles. The fraction of sp³-hybridized carbons (Fsp3) is 0.300. The zero-order valence-corrected chi connectivity index (χ0v) is 22.8. The van der Waals surface area contributed by atoms with Crippen LogP contribution in [0.15, 0.2) is 90.1 Å². The summed E-state index contributed by atoms with van der Waals surface area (Å²) in [6.07, 6.45) is 5.07. The van der Waals surface area contributed by atoms with Crippen LogP contribution in [0.4, 0.5) is 5.69 Å². The first kappa shape index (κ1) is 28.0. The Balaban J connectivity index is 1.68. The predicted octanol–water partition coefficient (Wildman–Crippen LogP) is 6.84. The van der Waals surface area contributed by atoms with Crippen molar-refractivity contribution >= 4 is 23.4 Å². The van der Waals surface area contributed by atoms with Gasteiger partial charge >= 0.3 is 0 Å². The highest BCUT2D eigenvalue weighted by atomic mass is 32.2. The molecule has 1 amide bonds. The van der Waals surface area contributed by atoms with Gasteiger partial charge in [-0.3, -0.25) is 19.5 Å². The Morgan fingerprint density at radius 2 is 1.59 bits per heavy atom. The lowest BCUT2D eigenvalue weighted by Crippen LogP contribution is -2.31. The van der Waals surface area contributed by atoms with E-state index >= 15 is 0 Å². The van der Waals surface area contributed by atoms with Crippen LogP contribution >= 0.6 is 11.8 Å². The molecule has 0 aliphatic heterocycles. The zero-order chi connectivity index (χ0) is 27.5. The maximum atomic E-state index is 13.0. The molecule has 1 heterocycles. The summed E-state index contributed by atoms with van der Waals surface area (Å²) < 4.78 is 1.91. The third-order valence-electron chi connectivity index (χ3n) is 6.37. The summed E-state index contributed by atoms with van der Waals surface area (Å²) >= 11 is 1.53. The normalized spacial score (nSPS) is 11.7. The number of nitrogens with zero attached hydrogens (tertiary/aromatic N) is 4. The smallest absolute Gasteiger partial charge is 0.269 e. The molecule has 39 heavy (non-hydrogen) atoms. The zero-order valence-electron chi connectivity index (χ0n) is 22.0. The largest absolute Gasteiger partial charge is 0.346 e. The summed E-state index contributed by atoms with van der Waals surface area (Å²) in [6.45, 7) is 2.15. The Labute approximate surface area is 233 Å². The van der Waals surface area contributed by atoms with Crippen molar-refractivity contribution in [3.05, 3.63) is 112 Å².